The van der Waals surface area contributed by atoms with Crippen LogP contribution < -0.4 is 0 Å². The van der Waals surface area contributed by atoms with Gasteiger partial charge < -0.3 is 4.74 Å². The Balaban J connectivity index is 1.52. The maximum atomic E-state index is 6.00. The number of hydrogen-bond donors (Lipinski definition) is 0. The van der Waals surface area contributed by atoms with E-state index in [0.29, 0.717) is 17.0 Å². The molecule has 3 heterocycles. The van der Waals surface area contributed by atoms with E-state index in [4.69, 9.17) is 17.0 Å². The molecule has 2 aromatic heterocycles. The van der Waals surface area contributed by atoms with Gasteiger partial charge in [0.15, 0.2) is 0 Å². The van der Waals surface area contributed by atoms with Crippen LogP contribution in [0.5, 0.6) is 0 Å². The Labute approximate surface area is 156 Å². The Morgan fingerprint density at radius 3 is 3.12 bits per heavy atom. The summed E-state index contributed by atoms with van der Waals surface area (Å²) in [5.74, 6) is 1.15. The number of hydrogen-bond acceptors (Lipinski definition) is 5. The van der Waals surface area contributed by atoms with Crippen molar-refractivity contribution in [3.8, 4) is 5.69 Å². The van der Waals surface area contributed by atoms with Crippen molar-refractivity contribution in [3.05, 3.63) is 71.0 Å². The van der Waals surface area contributed by atoms with Gasteiger partial charge >= 0.3 is 0 Å². The summed E-state index contributed by atoms with van der Waals surface area (Å²) in [6.07, 6.45) is 18.7. The minimum absolute atomic E-state index is 0.199. The molecule has 1 aliphatic heterocycles. The lowest BCUT2D eigenvalue weighted by molar-refractivity contribution is 0.204. The fraction of sp³-hybridized carbons (Fsp3) is 0.263. The number of aromatic nitrogens is 4. The number of rotatable bonds is 4. The quantitative estimate of drug-likeness (QED) is 0.780. The number of aryl methyl sites for hydroxylation is 1. The molecule has 2 aliphatic rings. The highest BCUT2D eigenvalue weighted by atomic mass is 32.1. The zero-order valence-corrected chi connectivity index (χ0v) is 15.2. The van der Waals surface area contributed by atoms with Gasteiger partial charge in [-0.15, -0.1) is 0 Å². The molecular weight excluding hydrogens is 346 g/mol. The lowest BCUT2D eigenvalue weighted by atomic mass is 10.0. The van der Waals surface area contributed by atoms with Gasteiger partial charge in [-0.05, 0) is 30.7 Å². The minimum atomic E-state index is 0.199. The van der Waals surface area contributed by atoms with E-state index >= 15 is 0 Å². The molecule has 0 N–H and O–H groups in total. The van der Waals surface area contributed by atoms with Crippen LogP contribution in [0.3, 0.4) is 0 Å². The lowest BCUT2D eigenvalue weighted by Gasteiger charge is -2.10. The summed E-state index contributed by atoms with van der Waals surface area (Å²) in [6.45, 7) is 0.320. The molecule has 1 aliphatic carbocycles. The van der Waals surface area contributed by atoms with Gasteiger partial charge in [-0.25, -0.2) is 4.68 Å². The van der Waals surface area contributed by atoms with Gasteiger partial charge in [0.25, 0.3) is 0 Å². The minimum Gasteiger partial charge on any atom is -0.487 e. The number of aliphatic imine (C=N–C) groups is 1. The van der Waals surface area contributed by atoms with Crippen LogP contribution in [-0.4, -0.2) is 31.8 Å². The summed E-state index contributed by atoms with van der Waals surface area (Å²) in [5.41, 5.74) is 1.60. The Morgan fingerprint density at radius 2 is 2.27 bits per heavy atom. The number of allylic oxidation sites excluding steroid dienone is 4. The Kier molecular flexibility index (Phi) is 4.62. The first-order valence-electron chi connectivity index (χ1n) is 8.48. The molecule has 2 unspecified atom stereocenters. The highest BCUT2D eigenvalue weighted by Crippen LogP contribution is 2.23. The second-order valence-corrected chi connectivity index (χ2v) is 6.75. The molecule has 0 amide bonds. The maximum absolute atomic E-state index is 6.00. The first kappa shape index (κ1) is 16.7. The van der Waals surface area contributed by atoms with Gasteiger partial charge in [-0.2, -0.15) is 10.2 Å². The lowest BCUT2D eigenvalue weighted by Crippen LogP contribution is -2.05. The van der Waals surface area contributed by atoms with Gasteiger partial charge in [0.2, 0.25) is 0 Å². The largest absolute Gasteiger partial charge is 0.487 e. The van der Waals surface area contributed by atoms with Gasteiger partial charge in [0.1, 0.15) is 23.7 Å². The summed E-state index contributed by atoms with van der Waals surface area (Å²) in [6, 6.07) is 2.06. The highest BCUT2D eigenvalue weighted by molar-refractivity contribution is 7.71. The average Bonchev–Trinajstić information content (AvgIpc) is 2.84. The van der Waals surface area contributed by atoms with E-state index < -0.39 is 0 Å². The molecule has 7 heteroatoms. The summed E-state index contributed by atoms with van der Waals surface area (Å²) in [4.78, 5) is 4.49. The maximum Gasteiger partial charge on any atom is 0.133 e. The van der Waals surface area contributed by atoms with E-state index in [1.54, 1.807) is 15.6 Å². The third-order valence-electron chi connectivity index (χ3n) is 4.31. The molecule has 0 saturated heterocycles. The van der Waals surface area contributed by atoms with Crippen LogP contribution in [0.1, 0.15) is 12.1 Å². The average molecular weight is 365 g/mol. The standard InChI is InChI=1S/C19H19N5OS/c1-23-12-16(11-21-23)24-8-6-19(26)18(22-24)13-25-17-5-4-15-9-14(10-17)3-2-7-20-15/h2-8,10-12,14-15H,9,13H2,1H3. The second-order valence-electron chi connectivity index (χ2n) is 6.31. The fourth-order valence-electron chi connectivity index (χ4n) is 2.96. The number of fused-ring (bicyclic) bond motifs is 2. The second kappa shape index (κ2) is 7.21. The fourth-order valence-corrected chi connectivity index (χ4v) is 3.12. The van der Waals surface area contributed by atoms with E-state index in [2.05, 4.69) is 33.4 Å². The zero-order valence-electron chi connectivity index (χ0n) is 14.4. The first-order valence-corrected chi connectivity index (χ1v) is 8.89. The van der Waals surface area contributed by atoms with E-state index in [1.807, 2.05) is 43.9 Å². The molecule has 26 heavy (non-hydrogen) atoms. The molecule has 2 atom stereocenters. The van der Waals surface area contributed by atoms with Gasteiger partial charge in [-0.1, -0.05) is 24.4 Å². The number of nitrogens with zero attached hydrogens (tertiary/aromatic N) is 5. The van der Waals surface area contributed by atoms with Crippen LogP contribution in [0.2, 0.25) is 0 Å². The summed E-state index contributed by atoms with van der Waals surface area (Å²) < 4.78 is 10.2. The Hall–Kier alpha value is -2.80. The summed E-state index contributed by atoms with van der Waals surface area (Å²) in [7, 11) is 1.87. The highest BCUT2D eigenvalue weighted by Gasteiger charge is 2.16. The first-order chi connectivity index (χ1) is 12.7. The van der Waals surface area contributed by atoms with E-state index in [9.17, 15) is 0 Å². The molecule has 2 bridgehead atoms. The molecular formula is C19H19N5OS. The third kappa shape index (κ3) is 3.72. The predicted molar refractivity (Wildman–Crippen MR) is 103 cm³/mol. The SMILES string of the molecule is Cn1cc(-n2ccc(=S)c(COC3=CC4C=CC=NC(C=C3)C4)n2)cn1. The van der Waals surface area contributed by atoms with Crippen LogP contribution >= 0.6 is 12.2 Å². The van der Waals surface area contributed by atoms with Gasteiger partial charge in [0.05, 0.1) is 22.9 Å². The van der Waals surface area contributed by atoms with Crippen molar-refractivity contribution >= 4 is 18.4 Å². The molecule has 6 nitrogen and oxygen atoms in total. The molecule has 0 aromatic carbocycles. The molecule has 2 aromatic rings. The zero-order chi connectivity index (χ0) is 17.9. The summed E-state index contributed by atoms with van der Waals surface area (Å²) in [5, 5.41) is 8.77. The van der Waals surface area contributed by atoms with Crippen molar-refractivity contribution in [1.82, 2.24) is 19.6 Å². The predicted octanol–water partition coefficient (Wildman–Crippen LogP) is 3.32. The van der Waals surface area contributed by atoms with Crippen LogP contribution in [0.15, 0.2) is 65.8 Å². The van der Waals surface area contributed by atoms with Crippen LogP contribution in [0.25, 0.3) is 5.69 Å². The van der Waals surface area contributed by atoms with Crippen molar-refractivity contribution < 1.29 is 4.74 Å². The molecule has 132 valence electrons. The smallest absolute Gasteiger partial charge is 0.133 e. The normalized spacial score (nSPS) is 21.2. The van der Waals surface area contributed by atoms with Crippen LogP contribution in [0, 0.1) is 10.4 Å². The topological polar surface area (TPSA) is 57.2 Å². The van der Waals surface area contributed by atoms with Crippen molar-refractivity contribution in [2.75, 3.05) is 0 Å². The van der Waals surface area contributed by atoms with Crippen LogP contribution in [0.4, 0.5) is 0 Å². The Morgan fingerprint density at radius 1 is 1.35 bits per heavy atom. The van der Waals surface area contributed by atoms with Crippen molar-refractivity contribution in [1.29, 1.82) is 0 Å². The van der Waals surface area contributed by atoms with E-state index in [0.717, 1.165) is 23.6 Å². The van der Waals surface area contributed by atoms with Crippen LogP contribution in [-0.2, 0) is 18.4 Å². The molecule has 4 rings (SSSR count). The Bertz CT molecular complexity index is 982. The third-order valence-corrected chi connectivity index (χ3v) is 4.68. The van der Waals surface area contributed by atoms with Crippen molar-refractivity contribution in [3.63, 3.8) is 0 Å². The van der Waals surface area contributed by atoms with Gasteiger partial charge in [-0.3, -0.25) is 9.67 Å². The van der Waals surface area contributed by atoms with Gasteiger partial charge in [0, 0.05) is 25.4 Å². The van der Waals surface area contributed by atoms with E-state index in [1.165, 1.54) is 0 Å². The summed E-state index contributed by atoms with van der Waals surface area (Å²) >= 11 is 5.41. The van der Waals surface area contributed by atoms with Crippen molar-refractivity contribution in [2.45, 2.75) is 19.1 Å². The number of ether oxygens (including phenoxy) is 1. The van der Waals surface area contributed by atoms with E-state index in [-0.39, 0.29) is 6.04 Å². The molecule has 0 saturated carbocycles. The molecule has 0 radical (unpaired) electrons. The molecule has 0 fully saturated rings. The monoisotopic (exact) mass is 365 g/mol. The molecule has 0 spiro atoms. The van der Waals surface area contributed by atoms with Crippen molar-refractivity contribution in [2.24, 2.45) is 18.0 Å².